The molecule has 0 fully saturated rings. The minimum Gasteiger partial charge on any atom is -0.492 e. The molecule has 0 radical (unpaired) electrons. The summed E-state index contributed by atoms with van der Waals surface area (Å²) in [6, 6.07) is 17.6. The van der Waals surface area contributed by atoms with Gasteiger partial charge in [0.15, 0.2) is 5.78 Å². The molecule has 1 aliphatic rings. The molecule has 1 amide bonds. The number of thiophene rings is 1. The van der Waals surface area contributed by atoms with Gasteiger partial charge in [-0.3, -0.25) is 9.59 Å². The zero-order chi connectivity index (χ0) is 22.7. The van der Waals surface area contributed by atoms with Crippen LogP contribution in [0.3, 0.4) is 0 Å². The Bertz CT molecular complexity index is 1160. The van der Waals surface area contributed by atoms with Gasteiger partial charge in [0, 0.05) is 32.3 Å². The number of hydrogen-bond donors (Lipinski definition) is 1. The normalized spacial score (nSPS) is 13.9. The molecule has 0 saturated carbocycles. The summed E-state index contributed by atoms with van der Waals surface area (Å²) < 4.78 is 5.89. The molecule has 4 rings (SSSR count). The summed E-state index contributed by atoms with van der Waals surface area (Å²) in [6.07, 6.45) is 2.44. The van der Waals surface area contributed by atoms with Crippen molar-refractivity contribution in [2.45, 2.75) is 38.6 Å². The van der Waals surface area contributed by atoms with E-state index in [9.17, 15) is 14.4 Å². The second kappa shape index (κ2) is 9.09. The van der Waals surface area contributed by atoms with Crippen molar-refractivity contribution in [1.29, 1.82) is 0 Å². The summed E-state index contributed by atoms with van der Waals surface area (Å²) in [5.41, 5.74) is 3.50. The smallest absolute Gasteiger partial charge is 0.262 e. The number of hydrogen-bond acceptors (Lipinski definition) is 5. The molecule has 1 aromatic heterocycles. The van der Waals surface area contributed by atoms with Gasteiger partial charge in [0.25, 0.3) is 5.91 Å². The molecule has 1 heterocycles. The minimum atomic E-state index is -0.965. The monoisotopic (exact) mass is 447 g/mol. The second-order valence-electron chi connectivity index (χ2n) is 8.30. The van der Waals surface area contributed by atoms with Gasteiger partial charge in [-0.05, 0) is 23.6 Å². The van der Waals surface area contributed by atoms with Crippen LogP contribution >= 0.6 is 11.3 Å². The number of Topliss-reactive ketones (excluding diaryl/α,β-unsaturated/α-hetero) is 1. The average molecular weight is 448 g/mol. The number of ketones is 1. The van der Waals surface area contributed by atoms with E-state index < -0.39 is 5.54 Å². The highest BCUT2D eigenvalue weighted by Crippen LogP contribution is 2.32. The van der Waals surface area contributed by atoms with Crippen LogP contribution in [0.15, 0.2) is 54.6 Å². The number of nitrogens with one attached hydrogen (secondary N) is 1. The van der Waals surface area contributed by atoms with Crippen LogP contribution in [0.2, 0.25) is 0 Å². The highest BCUT2D eigenvalue weighted by atomic mass is 32.1. The Morgan fingerprint density at radius 1 is 1.09 bits per heavy atom. The van der Waals surface area contributed by atoms with Gasteiger partial charge in [0.2, 0.25) is 0 Å². The van der Waals surface area contributed by atoms with Crippen LogP contribution in [0.25, 0.3) is 0 Å². The van der Waals surface area contributed by atoms with E-state index in [4.69, 9.17) is 4.74 Å². The van der Waals surface area contributed by atoms with E-state index in [1.807, 2.05) is 49.4 Å². The van der Waals surface area contributed by atoms with Crippen molar-refractivity contribution in [3.8, 4) is 5.75 Å². The maximum atomic E-state index is 13.0. The summed E-state index contributed by atoms with van der Waals surface area (Å²) in [5.74, 6) is -0.112. The predicted molar refractivity (Wildman–Crippen MR) is 125 cm³/mol. The van der Waals surface area contributed by atoms with Crippen molar-refractivity contribution in [2.24, 2.45) is 0 Å². The molecular formula is C26H25NO4S. The molecule has 0 saturated heterocycles. The van der Waals surface area contributed by atoms with Crippen molar-refractivity contribution in [2.75, 3.05) is 6.61 Å². The number of ether oxygens (including phenoxy) is 1. The Labute approximate surface area is 191 Å². The summed E-state index contributed by atoms with van der Waals surface area (Å²) in [4.78, 5) is 37.9. The van der Waals surface area contributed by atoms with Crippen molar-refractivity contribution in [3.05, 3.63) is 86.6 Å². The van der Waals surface area contributed by atoms with E-state index in [1.54, 1.807) is 6.07 Å². The molecule has 164 valence electrons. The van der Waals surface area contributed by atoms with Gasteiger partial charge in [-0.2, -0.15) is 0 Å². The van der Waals surface area contributed by atoms with Crippen LogP contribution in [-0.4, -0.2) is 30.1 Å². The Morgan fingerprint density at radius 3 is 2.44 bits per heavy atom. The van der Waals surface area contributed by atoms with Crippen molar-refractivity contribution in [3.63, 3.8) is 0 Å². The number of carbonyl (C=O) groups is 3. The quantitative estimate of drug-likeness (QED) is 0.412. The summed E-state index contributed by atoms with van der Waals surface area (Å²) in [7, 11) is 0. The molecule has 5 nitrogen and oxygen atoms in total. The Balaban J connectivity index is 1.47. The standard InChI is InChI=1S/C26H25NO4S/c1-17-6-5-7-19(12-17)10-11-31-22-13-23(32-24(22)18(2)29)25(30)27-26(16-28)14-20-8-3-4-9-21(20)15-26/h3-9,12-13,16H,10-11,14-15H2,1-2H3,(H,27,30). The highest BCUT2D eigenvalue weighted by Gasteiger charge is 2.39. The molecule has 3 aromatic rings. The van der Waals surface area contributed by atoms with Gasteiger partial charge >= 0.3 is 0 Å². The molecule has 0 aliphatic heterocycles. The van der Waals surface area contributed by atoms with Crippen molar-refractivity contribution >= 4 is 29.3 Å². The van der Waals surface area contributed by atoms with E-state index >= 15 is 0 Å². The molecule has 2 aromatic carbocycles. The van der Waals surface area contributed by atoms with E-state index in [2.05, 4.69) is 11.4 Å². The minimum absolute atomic E-state index is 0.155. The summed E-state index contributed by atoms with van der Waals surface area (Å²) in [5, 5.41) is 2.91. The van der Waals surface area contributed by atoms with E-state index in [1.165, 1.54) is 12.5 Å². The average Bonchev–Trinajstić information content (AvgIpc) is 3.36. The number of rotatable bonds is 8. The zero-order valence-electron chi connectivity index (χ0n) is 18.1. The first kappa shape index (κ1) is 22.0. The maximum Gasteiger partial charge on any atom is 0.262 e. The molecule has 1 aliphatic carbocycles. The number of aryl methyl sites for hydroxylation is 1. The Morgan fingerprint density at radius 2 is 1.81 bits per heavy atom. The molecule has 1 N–H and O–H groups in total. The predicted octanol–water partition coefficient (Wildman–Crippen LogP) is 4.35. The molecular weight excluding hydrogens is 422 g/mol. The first-order valence-corrected chi connectivity index (χ1v) is 11.4. The number of fused-ring (bicyclic) bond motifs is 1. The third-order valence-corrected chi connectivity index (χ3v) is 6.91. The fraction of sp³-hybridized carbons (Fsp3) is 0.269. The van der Waals surface area contributed by atoms with E-state index in [0.29, 0.717) is 41.4 Å². The topological polar surface area (TPSA) is 72.5 Å². The van der Waals surface area contributed by atoms with Gasteiger partial charge in [-0.25, -0.2) is 0 Å². The maximum absolute atomic E-state index is 13.0. The van der Waals surface area contributed by atoms with Crippen molar-refractivity contribution < 1.29 is 19.1 Å². The van der Waals surface area contributed by atoms with E-state index in [-0.39, 0.29) is 11.7 Å². The van der Waals surface area contributed by atoms with Gasteiger partial charge < -0.3 is 14.8 Å². The molecule has 32 heavy (non-hydrogen) atoms. The zero-order valence-corrected chi connectivity index (χ0v) is 19.0. The molecule has 0 spiro atoms. The van der Waals surface area contributed by atoms with Crippen molar-refractivity contribution in [1.82, 2.24) is 5.32 Å². The molecule has 0 bridgehead atoms. The number of carbonyl (C=O) groups excluding carboxylic acids is 3. The van der Waals surface area contributed by atoms with Crippen LogP contribution in [0.4, 0.5) is 0 Å². The highest BCUT2D eigenvalue weighted by molar-refractivity contribution is 7.16. The number of benzene rings is 2. The van der Waals surface area contributed by atoms with Crippen LogP contribution in [0.5, 0.6) is 5.75 Å². The lowest BCUT2D eigenvalue weighted by Crippen LogP contribution is -2.50. The van der Waals surface area contributed by atoms with Crippen LogP contribution < -0.4 is 10.1 Å². The van der Waals surface area contributed by atoms with Crippen LogP contribution in [-0.2, 0) is 24.1 Å². The largest absolute Gasteiger partial charge is 0.492 e. The first-order valence-electron chi connectivity index (χ1n) is 10.6. The fourth-order valence-electron chi connectivity index (χ4n) is 4.12. The van der Waals surface area contributed by atoms with Gasteiger partial charge in [0.1, 0.15) is 22.5 Å². The fourth-order valence-corrected chi connectivity index (χ4v) is 5.01. The SMILES string of the molecule is CC(=O)c1sc(C(=O)NC2(C=O)Cc3ccccc3C2)cc1OCCc1cccc(C)c1. The third kappa shape index (κ3) is 4.65. The Kier molecular flexibility index (Phi) is 6.24. The molecule has 0 atom stereocenters. The van der Waals surface area contributed by atoms with Crippen LogP contribution in [0.1, 0.15) is 48.5 Å². The van der Waals surface area contributed by atoms with Gasteiger partial charge in [-0.1, -0.05) is 54.1 Å². The lowest BCUT2D eigenvalue weighted by molar-refractivity contribution is -0.112. The Hall–Kier alpha value is -3.25. The lowest BCUT2D eigenvalue weighted by Gasteiger charge is -2.23. The number of amides is 1. The van der Waals surface area contributed by atoms with Gasteiger partial charge in [-0.15, -0.1) is 11.3 Å². The second-order valence-corrected chi connectivity index (χ2v) is 9.35. The summed E-state index contributed by atoms with van der Waals surface area (Å²) >= 11 is 1.10. The van der Waals surface area contributed by atoms with Gasteiger partial charge in [0.05, 0.1) is 11.5 Å². The summed E-state index contributed by atoms with van der Waals surface area (Å²) in [6.45, 7) is 3.90. The molecule has 6 heteroatoms. The molecule has 0 unspecified atom stereocenters. The van der Waals surface area contributed by atoms with E-state index in [0.717, 1.165) is 34.3 Å². The lowest BCUT2D eigenvalue weighted by atomic mass is 9.97. The van der Waals surface area contributed by atoms with Crippen LogP contribution in [0, 0.1) is 6.92 Å². The number of aldehydes is 1. The first-order chi connectivity index (χ1) is 15.4. The third-order valence-electron chi connectivity index (χ3n) is 5.69.